The van der Waals surface area contributed by atoms with Gasteiger partial charge in [0.1, 0.15) is 5.71 Å². The van der Waals surface area contributed by atoms with Crippen molar-refractivity contribution in [2.24, 2.45) is 5.10 Å². The van der Waals surface area contributed by atoms with E-state index in [1.807, 2.05) is 50.2 Å². The van der Waals surface area contributed by atoms with Gasteiger partial charge in [0.05, 0.1) is 12.1 Å². The van der Waals surface area contributed by atoms with Crippen molar-refractivity contribution in [3.63, 3.8) is 0 Å². The Kier molecular flexibility index (Phi) is 6.30. The Balaban J connectivity index is 1.41. The van der Waals surface area contributed by atoms with Gasteiger partial charge >= 0.3 is 0 Å². The van der Waals surface area contributed by atoms with E-state index in [-0.39, 0.29) is 30.6 Å². The first kappa shape index (κ1) is 21.7. The fourth-order valence-electron chi connectivity index (χ4n) is 3.95. The summed E-state index contributed by atoms with van der Waals surface area (Å²) in [6, 6.07) is 11.4. The molecule has 1 saturated heterocycles. The van der Waals surface area contributed by atoms with Gasteiger partial charge in [-0.25, -0.2) is 5.01 Å². The number of anilines is 1. The molecule has 3 amide bonds. The highest BCUT2D eigenvalue weighted by Crippen LogP contribution is 2.26. The lowest BCUT2D eigenvalue weighted by atomic mass is 10.1. The summed E-state index contributed by atoms with van der Waals surface area (Å²) in [6.45, 7) is 5.73. The summed E-state index contributed by atoms with van der Waals surface area (Å²) in [5.41, 5.74) is 3.80. The smallest absolute Gasteiger partial charge is 0.270 e. The maximum Gasteiger partial charge on any atom is 0.270 e. The number of hydrogen-bond acceptors (Lipinski definition) is 5. The van der Waals surface area contributed by atoms with Crippen LogP contribution in [-0.2, 0) is 20.8 Å². The normalized spacial score (nSPS) is 16.8. The molecule has 0 atom stereocenters. The van der Waals surface area contributed by atoms with Crippen LogP contribution in [0.2, 0.25) is 0 Å². The Morgan fingerprint density at radius 3 is 2.44 bits per heavy atom. The van der Waals surface area contributed by atoms with Gasteiger partial charge in [-0.1, -0.05) is 18.2 Å². The van der Waals surface area contributed by atoms with Crippen LogP contribution in [0.1, 0.15) is 29.7 Å². The summed E-state index contributed by atoms with van der Waals surface area (Å²) in [4.78, 5) is 45.9. The van der Waals surface area contributed by atoms with E-state index in [2.05, 4.69) is 10.1 Å². The molecular formula is C24H27N5O3. The predicted octanol–water partition coefficient (Wildman–Crippen LogP) is 2.09. The summed E-state index contributed by atoms with van der Waals surface area (Å²) in [6.07, 6.45) is 2.52. The molecular weight excluding hydrogens is 406 g/mol. The number of aryl methyl sites for hydroxylation is 2. The van der Waals surface area contributed by atoms with Crippen LogP contribution < -0.4 is 5.01 Å². The second-order valence-corrected chi connectivity index (χ2v) is 8.21. The number of carbonyl (C=O) groups is 3. The molecule has 0 radical (unpaired) electrons. The number of pyridine rings is 1. The van der Waals surface area contributed by atoms with Crippen LogP contribution in [0.3, 0.4) is 0 Å². The van der Waals surface area contributed by atoms with E-state index in [1.54, 1.807) is 16.0 Å². The molecule has 0 unspecified atom stereocenters. The van der Waals surface area contributed by atoms with E-state index in [1.165, 1.54) is 5.01 Å². The average molecular weight is 434 g/mol. The van der Waals surface area contributed by atoms with Crippen molar-refractivity contribution in [3.8, 4) is 0 Å². The molecule has 1 aromatic carbocycles. The SMILES string of the molecule is Cc1ccc(C)c(N2N=C(C(=O)N3CCN(C(=O)Cc4ccccn4)CC3)CCC2=O)c1. The lowest BCUT2D eigenvalue weighted by molar-refractivity contribution is -0.136. The van der Waals surface area contributed by atoms with E-state index in [4.69, 9.17) is 0 Å². The molecule has 0 bridgehead atoms. The summed E-state index contributed by atoms with van der Waals surface area (Å²) in [7, 11) is 0. The van der Waals surface area contributed by atoms with Gasteiger partial charge in [0.2, 0.25) is 11.8 Å². The second kappa shape index (κ2) is 9.30. The Morgan fingerprint density at radius 1 is 0.969 bits per heavy atom. The number of amides is 3. The molecule has 3 heterocycles. The zero-order valence-electron chi connectivity index (χ0n) is 18.5. The molecule has 0 spiro atoms. The highest BCUT2D eigenvalue weighted by Gasteiger charge is 2.31. The molecule has 166 valence electrons. The number of benzene rings is 1. The lowest BCUT2D eigenvalue weighted by Gasteiger charge is -2.35. The topological polar surface area (TPSA) is 86.2 Å². The fraction of sp³-hybridized carbons (Fsp3) is 0.375. The summed E-state index contributed by atoms with van der Waals surface area (Å²) < 4.78 is 0. The van der Waals surface area contributed by atoms with Gasteiger partial charge in [-0.2, -0.15) is 5.10 Å². The van der Waals surface area contributed by atoms with Crippen molar-refractivity contribution in [1.82, 2.24) is 14.8 Å². The maximum atomic E-state index is 13.1. The molecule has 2 aliphatic rings. The molecule has 1 aromatic heterocycles. The van der Waals surface area contributed by atoms with Gasteiger partial charge in [-0.15, -0.1) is 0 Å². The van der Waals surface area contributed by atoms with Crippen molar-refractivity contribution >= 4 is 29.1 Å². The molecule has 0 saturated carbocycles. The van der Waals surface area contributed by atoms with Gasteiger partial charge in [0, 0.05) is 50.9 Å². The minimum atomic E-state index is -0.162. The first-order chi connectivity index (χ1) is 15.4. The third-order valence-corrected chi connectivity index (χ3v) is 5.85. The zero-order valence-corrected chi connectivity index (χ0v) is 18.5. The quantitative estimate of drug-likeness (QED) is 0.739. The van der Waals surface area contributed by atoms with Crippen LogP contribution in [0.5, 0.6) is 0 Å². The third-order valence-electron chi connectivity index (χ3n) is 5.85. The minimum Gasteiger partial charge on any atom is -0.339 e. The summed E-state index contributed by atoms with van der Waals surface area (Å²) >= 11 is 0. The van der Waals surface area contributed by atoms with E-state index in [0.29, 0.717) is 44.0 Å². The van der Waals surface area contributed by atoms with Crippen LogP contribution in [0, 0.1) is 13.8 Å². The van der Waals surface area contributed by atoms with Crippen molar-refractivity contribution in [1.29, 1.82) is 0 Å². The number of piperazine rings is 1. The molecule has 1 fully saturated rings. The van der Waals surface area contributed by atoms with Gasteiger partial charge < -0.3 is 9.80 Å². The van der Waals surface area contributed by atoms with Crippen LogP contribution in [0.15, 0.2) is 47.7 Å². The summed E-state index contributed by atoms with van der Waals surface area (Å²) in [5.74, 6) is -0.262. The highest BCUT2D eigenvalue weighted by atomic mass is 16.2. The van der Waals surface area contributed by atoms with Gasteiger partial charge in [-0.3, -0.25) is 19.4 Å². The Hall–Kier alpha value is -3.55. The van der Waals surface area contributed by atoms with Gasteiger partial charge in [0.15, 0.2) is 0 Å². The van der Waals surface area contributed by atoms with E-state index >= 15 is 0 Å². The number of hydrazone groups is 1. The van der Waals surface area contributed by atoms with E-state index in [9.17, 15) is 14.4 Å². The number of aromatic nitrogens is 1. The van der Waals surface area contributed by atoms with Gasteiger partial charge in [-0.05, 0) is 43.2 Å². The standard InChI is InChI=1S/C24H27N5O3/c1-17-6-7-18(2)21(15-17)29-22(30)9-8-20(26-29)24(32)28-13-11-27(12-14-28)23(31)16-19-5-3-4-10-25-19/h3-7,10,15H,8-9,11-14,16H2,1-2H3. The second-order valence-electron chi connectivity index (χ2n) is 8.21. The molecule has 2 aromatic rings. The van der Waals surface area contributed by atoms with Gasteiger partial charge in [0.25, 0.3) is 5.91 Å². The number of hydrogen-bond donors (Lipinski definition) is 0. The number of rotatable bonds is 4. The number of carbonyl (C=O) groups excluding carboxylic acids is 3. The molecule has 32 heavy (non-hydrogen) atoms. The molecule has 2 aliphatic heterocycles. The van der Waals surface area contributed by atoms with E-state index in [0.717, 1.165) is 16.8 Å². The molecule has 8 heteroatoms. The molecule has 0 aliphatic carbocycles. The van der Waals surface area contributed by atoms with Crippen molar-refractivity contribution < 1.29 is 14.4 Å². The zero-order chi connectivity index (χ0) is 22.7. The molecule has 4 rings (SSSR count). The predicted molar refractivity (Wildman–Crippen MR) is 121 cm³/mol. The minimum absolute atomic E-state index is 0.0116. The maximum absolute atomic E-state index is 13.1. The van der Waals surface area contributed by atoms with Crippen LogP contribution in [0.25, 0.3) is 0 Å². The van der Waals surface area contributed by atoms with Crippen LogP contribution >= 0.6 is 0 Å². The molecule has 0 N–H and O–H groups in total. The largest absolute Gasteiger partial charge is 0.339 e. The Labute approximate surface area is 187 Å². The Bertz CT molecular complexity index is 1060. The number of nitrogens with zero attached hydrogens (tertiary/aromatic N) is 5. The summed E-state index contributed by atoms with van der Waals surface area (Å²) in [5, 5.41) is 5.81. The average Bonchev–Trinajstić information content (AvgIpc) is 2.81. The fourth-order valence-corrected chi connectivity index (χ4v) is 3.95. The van der Waals surface area contributed by atoms with Crippen molar-refractivity contribution in [2.45, 2.75) is 33.1 Å². The first-order valence-corrected chi connectivity index (χ1v) is 10.9. The first-order valence-electron chi connectivity index (χ1n) is 10.9. The molecule has 8 nitrogen and oxygen atoms in total. The Morgan fingerprint density at radius 2 is 1.72 bits per heavy atom. The third kappa shape index (κ3) is 4.69. The lowest BCUT2D eigenvalue weighted by Crippen LogP contribution is -2.53. The highest BCUT2D eigenvalue weighted by molar-refractivity contribution is 6.40. The van der Waals surface area contributed by atoms with Crippen LogP contribution in [0.4, 0.5) is 5.69 Å². The van der Waals surface area contributed by atoms with Crippen LogP contribution in [-0.4, -0.2) is 64.4 Å². The van der Waals surface area contributed by atoms with E-state index < -0.39 is 0 Å². The monoisotopic (exact) mass is 433 g/mol. The van der Waals surface area contributed by atoms with Crippen molar-refractivity contribution in [3.05, 3.63) is 59.4 Å². The van der Waals surface area contributed by atoms with Crippen molar-refractivity contribution in [2.75, 3.05) is 31.2 Å².